The van der Waals surface area contributed by atoms with Crippen molar-refractivity contribution in [2.24, 2.45) is 5.92 Å². The predicted molar refractivity (Wildman–Crippen MR) is 108 cm³/mol. The van der Waals surface area contributed by atoms with E-state index < -0.39 is 17.7 Å². The van der Waals surface area contributed by atoms with E-state index in [0.29, 0.717) is 22.7 Å². The Hall–Kier alpha value is -3.23. The van der Waals surface area contributed by atoms with E-state index in [1.54, 1.807) is 25.2 Å². The molecule has 0 aromatic heterocycles. The van der Waals surface area contributed by atoms with Crippen molar-refractivity contribution in [1.82, 2.24) is 4.90 Å². The minimum atomic E-state index is -4.41. The van der Waals surface area contributed by atoms with E-state index in [9.17, 15) is 22.8 Å². The number of methoxy groups -OCH3 is 2. The maximum absolute atomic E-state index is 12.9. The summed E-state index contributed by atoms with van der Waals surface area (Å²) in [5.74, 6) is 0.0294. The second-order valence-corrected chi connectivity index (χ2v) is 7.33. The van der Waals surface area contributed by atoms with E-state index in [1.165, 1.54) is 36.2 Å². The molecule has 2 aromatic rings. The minimum absolute atomic E-state index is 0.0470. The highest BCUT2D eigenvalue weighted by atomic mass is 19.4. The van der Waals surface area contributed by atoms with Crippen LogP contribution in [0.3, 0.4) is 0 Å². The van der Waals surface area contributed by atoms with E-state index in [1.807, 2.05) is 0 Å². The number of nitrogens with zero attached hydrogens (tertiary/aromatic N) is 2. The van der Waals surface area contributed by atoms with Crippen molar-refractivity contribution < 1.29 is 32.2 Å². The molecule has 0 N–H and O–H groups in total. The van der Waals surface area contributed by atoms with Gasteiger partial charge in [-0.25, -0.2) is 0 Å². The zero-order chi connectivity index (χ0) is 22.8. The quantitative estimate of drug-likeness (QED) is 0.693. The molecule has 2 amide bonds. The molecule has 6 nitrogen and oxygen atoms in total. The van der Waals surface area contributed by atoms with Crippen LogP contribution in [0.25, 0.3) is 0 Å². The van der Waals surface area contributed by atoms with Crippen molar-refractivity contribution in [1.29, 1.82) is 0 Å². The van der Waals surface area contributed by atoms with Crippen LogP contribution < -0.4 is 14.4 Å². The van der Waals surface area contributed by atoms with Gasteiger partial charge in [-0.2, -0.15) is 13.2 Å². The van der Waals surface area contributed by atoms with Gasteiger partial charge >= 0.3 is 6.18 Å². The van der Waals surface area contributed by atoms with Crippen LogP contribution in [-0.4, -0.2) is 44.5 Å². The Morgan fingerprint density at radius 2 is 1.81 bits per heavy atom. The Bertz CT molecular complexity index is 960. The zero-order valence-corrected chi connectivity index (χ0v) is 17.4. The number of carbonyl (C=O) groups is 2. The van der Waals surface area contributed by atoms with Crippen molar-refractivity contribution in [3.63, 3.8) is 0 Å². The standard InChI is InChI=1S/C22H23F3N2O4/c1-26(12-14-4-6-16(7-5-14)22(23,24)25)21(29)15-10-20(28)27(13-15)18-9-8-17(30-2)11-19(18)31-3/h4-9,11,15H,10,12-13H2,1-3H3. The Labute approximate surface area is 178 Å². The van der Waals surface area contributed by atoms with Gasteiger partial charge in [0.2, 0.25) is 11.8 Å². The van der Waals surface area contributed by atoms with E-state index in [4.69, 9.17) is 9.47 Å². The number of ether oxygens (including phenoxy) is 2. The first-order valence-electron chi connectivity index (χ1n) is 9.57. The molecule has 1 fully saturated rings. The molecule has 0 bridgehead atoms. The molecule has 0 spiro atoms. The van der Waals surface area contributed by atoms with Gasteiger partial charge in [-0.3, -0.25) is 9.59 Å². The molecule has 1 heterocycles. The van der Waals surface area contributed by atoms with Gasteiger partial charge in [0.25, 0.3) is 0 Å². The molecular weight excluding hydrogens is 413 g/mol. The molecule has 0 radical (unpaired) electrons. The lowest BCUT2D eigenvalue weighted by atomic mass is 10.1. The number of halogens is 3. The Kier molecular flexibility index (Phi) is 6.42. The lowest BCUT2D eigenvalue weighted by Gasteiger charge is -2.23. The lowest BCUT2D eigenvalue weighted by Crippen LogP contribution is -2.34. The lowest BCUT2D eigenvalue weighted by molar-refractivity contribution is -0.137. The fourth-order valence-electron chi connectivity index (χ4n) is 3.58. The van der Waals surface area contributed by atoms with Crippen LogP contribution in [0.15, 0.2) is 42.5 Å². The number of carbonyl (C=O) groups excluding carboxylic acids is 2. The van der Waals surface area contributed by atoms with Crippen molar-refractivity contribution in [2.75, 3.05) is 32.7 Å². The molecule has 1 aliphatic heterocycles. The predicted octanol–water partition coefficient (Wildman–Crippen LogP) is 3.73. The maximum Gasteiger partial charge on any atom is 0.416 e. The van der Waals surface area contributed by atoms with Crippen LogP contribution in [0.1, 0.15) is 17.5 Å². The van der Waals surface area contributed by atoms with Gasteiger partial charge in [-0.05, 0) is 29.8 Å². The molecule has 1 atom stereocenters. The first kappa shape index (κ1) is 22.5. The van der Waals surface area contributed by atoms with Crippen molar-refractivity contribution >= 4 is 17.5 Å². The van der Waals surface area contributed by atoms with Gasteiger partial charge in [-0.1, -0.05) is 12.1 Å². The normalized spacial score (nSPS) is 16.4. The van der Waals surface area contributed by atoms with Gasteiger partial charge in [0.1, 0.15) is 11.5 Å². The third kappa shape index (κ3) is 4.92. The van der Waals surface area contributed by atoms with Crippen molar-refractivity contribution in [3.8, 4) is 11.5 Å². The maximum atomic E-state index is 12.9. The van der Waals surface area contributed by atoms with Gasteiger partial charge < -0.3 is 19.3 Å². The summed E-state index contributed by atoms with van der Waals surface area (Å²) in [6, 6.07) is 9.75. The molecular formula is C22H23F3N2O4. The molecule has 9 heteroatoms. The Balaban J connectivity index is 1.68. The van der Waals surface area contributed by atoms with E-state index in [0.717, 1.165) is 12.1 Å². The van der Waals surface area contributed by atoms with E-state index in [-0.39, 0.29) is 31.3 Å². The second kappa shape index (κ2) is 8.87. The Morgan fingerprint density at radius 1 is 1.13 bits per heavy atom. The van der Waals surface area contributed by atoms with Crippen LogP contribution in [0, 0.1) is 5.92 Å². The third-order valence-corrected chi connectivity index (χ3v) is 5.23. The first-order chi connectivity index (χ1) is 14.6. The van der Waals surface area contributed by atoms with Gasteiger partial charge in [0.05, 0.1) is 31.4 Å². The number of anilines is 1. The summed E-state index contributed by atoms with van der Waals surface area (Å²) >= 11 is 0. The fourth-order valence-corrected chi connectivity index (χ4v) is 3.58. The highest BCUT2D eigenvalue weighted by Crippen LogP contribution is 2.36. The Morgan fingerprint density at radius 3 is 2.39 bits per heavy atom. The van der Waals surface area contributed by atoms with Crippen molar-refractivity contribution in [2.45, 2.75) is 19.1 Å². The molecule has 2 aromatic carbocycles. The molecule has 166 valence electrons. The molecule has 31 heavy (non-hydrogen) atoms. The van der Waals surface area contributed by atoms with Crippen LogP contribution in [0.4, 0.5) is 18.9 Å². The molecule has 0 saturated carbocycles. The summed E-state index contributed by atoms with van der Waals surface area (Å²) in [5, 5.41) is 0. The summed E-state index contributed by atoms with van der Waals surface area (Å²) in [7, 11) is 4.58. The molecule has 0 aliphatic carbocycles. The van der Waals surface area contributed by atoms with Crippen LogP contribution in [-0.2, 0) is 22.3 Å². The number of benzene rings is 2. The van der Waals surface area contributed by atoms with Crippen LogP contribution in [0.2, 0.25) is 0 Å². The van der Waals surface area contributed by atoms with Crippen LogP contribution >= 0.6 is 0 Å². The SMILES string of the molecule is COc1ccc(N2CC(C(=O)N(C)Cc3ccc(C(F)(F)F)cc3)CC2=O)c(OC)c1. The molecule has 1 unspecified atom stereocenters. The summed E-state index contributed by atoms with van der Waals surface area (Å²) in [5.41, 5.74) is 0.381. The van der Waals surface area contributed by atoms with Gasteiger partial charge in [-0.15, -0.1) is 0 Å². The number of amides is 2. The highest BCUT2D eigenvalue weighted by Gasteiger charge is 2.37. The fraction of sp³-hybridized carbons (Fsp3) is 0.364. The topological polar surface area (TPSA) is 59.1 Å². The second-order valence-electron chi connectivity index (χ2n) is 7.33. The van der Waals surface area contributed by atoms with E-state index in [2.05, 4.69) is 0 Å². The highest BCUT2D eigenvalue weighted by molar-refractivity contribution is 6.01. The molecule has 3 rings (SSSR count). The first-order valence-corrected chi connectivity index (χ1v) is 9.57. The number of alkyl halides is 3. The third-order valence-electron chi connectivity index (χ3n) is 5.23. The van der Waals surface area contributed by atoms with Crippen LogP contribution in [0.5, 0.6) is 11.5 Å². The van der Waals surface area contributed by atoms with Gasteiger partial charge in [0.15, 0.2) is 0 Å². The molecule has 1 aliphatic rings. The monoisotopic (exact) mass is 436 g/mol. The average molecular weight is 436 g/mol. The summed E-state index contributed by atoms with van der Waals surface area (Å²) in [6.07, 6.45) is -4.36. The van der Waals surface area contributed by atoms with E-state index >= 15 is 0 Å². The zero-order valence-electron chi connectivity index (χ0n) is 17.4. The number of hydrogen-bond acceptors (Lipinski definition) is 4. The number of rotatable bonds is 6. The molecule has 1 saturated heterocycles. The summed E-state index contributed by atoms with van der Waals surface area (Å²) < 4.78 is 48.6. The minimum Gasteiger partial charge on any atom is -0.497 e. The van der Waals surface area contributed by atoms with Gasteiger partial charge in [0, 0.05) is 32.6 Å². The average Bonchev–Trinajstić information content (AvgIpc) is 3.13. The summed E-state index contributed by atoms with van der Waals surface area (Å²) in [6.45, 7) is 0.339. The smallest absolute Gasteiger partial charge is 0.416 e. The number of hydrogen-bond donors (Lipinski definition) is 0. The van der Waals surface area contributed by atoms with Crippen molar-refractivity contribution in [3.05, 3.63) is 53.6 Å². The largest absolute Gasteiger partial charge is 0.497 e. The summed E-state index contributed by atoms with van der Waals surface area (Å²) in [4.78, 5) is 28.4.